The summed E-state index contributed by atoms with van der Waals surface area (Å²) in [6.45, 7) is 6.41. The van der Waals surface area contributed by atoms with Gasteiger partial charge < -0.3 is 14.2 Å². The summed E-state index contributed by atoms with van der Waals surface area (Å²) < 4.78 is 16.9. The minimum absolute atomic E-state index is 0.0879. The lowest BCUT2D eigenvalue weighted by Crippen LogP contribution is -2.30. The summed E-state index contributed by atoms with van der Waals surface area (Å²) in [5, 5.41) is 0. The molecule has 0 aromatic carbocycles. The minimum Gasteiger partial charge on any atom is -0.462 e. The molecule has 0 saturated carbocycles. The molecule has 6 heteroatoms. The van der Waals surface area contributed by atoms with Crippen LogP contribution in [-0.2, 0) is 28.6 Å². The highest BCUT2D eigenvalue weighted by molar-refractivity contribution is 5.71. The molecule has 0 aliphatic heterocycles. The fourth-order valence-electron chi connectivity index (χ4n) is 9.66. The second-order valence-corrected chi connectivity index (χ2v) is 22.7. The molecule has 0 aromatic heterocycles. The van der Waals surface area contributed by atoms with Crippen molar-refractivity contribution in [2.75, 3.05) is 13.2 Å². The number of ether oxygens (including phenoxy) is 3. The van der Waals surface area contributed by atoms with E-state index in [2.05, 4.69) is 130 Å². The number of esters is 3. The molecule has 0 heterocycles. The van der Waals surface area contributed by atoms with Gasteiger partial charge in [-0.2, -0.15) is 0 Å². The first-order chi connectivity index (χ1) is 40.0. The number of hydrogen-bond acceptors (Lipinski definition) is 6. The minimum atomic E-state index is -0.794. The van der Waals surface area contributed by atoms with Gasteiger partial charge in [0.2, 0.25) is 0 Å². The van der Waals surface area contributed by atoms with Crippen LogP contribution in [0, 0.1) is 0 Å². The van der Waals surface area contributed by atoms with E-state index in [1.54, 1.807) is 0 Å². The van der Waals surface area contributed by atoms with Gasteiger partial charge in [0.15, 0.2) is 6.10 Å². The van der Waals surface area contributed by atoms with E-state index in [-0.39, 0.29) is 31.1 Å². The lowest BCUT2D eigenvalue weighted by molar-refractivity contribution is -0.167. The predicted molar refractivity (Wildman–Crippen MR) is 353 cm³/mol. The quantitative estimate of drug-likeness (QED) is 0.0261. The molecule has 0 fully saturated rings. The molecule has 0 bridgehead atoms. The average Bonchev–Trinajstić information content (AvgIpc) is 3.46. The number of unbranched alkanes of at least 4 members (excludes halogenated alkanes) is 33. The van der Waals surface area contributed by atoms with Crippen molar-refractivity contribution in [2.45, 2.75) is 335 Å². The van der Waals surface area contributed by atoms with Gasteiger partial charge in [-0.05, 0) is 122 Å². The fraction of sp³-hybridized carbons (Fsp3) is 0.720. The van der Waals surface area contributed by atoms with Crippen molar-refractivity contribution >= 4 is 17.9 Å². The number of carbonyl (C=O) groups is 3. The fourth-order valence-corrected chi connectivity index (χ4v) is 9.66. The van der Waals surface area contributed by atoms with Gasteiger partial charge in [0.05, 0.1) is 0 Å². The van der Waals surface area contributed by atoms with Gasteiger partial charge in [-0.1, -0.05) is 297 Å². The Balaban J connectivity index is 4.30. The summed E-state index contributed by atoms with van der Waals surface area (Å²) in [5.41, 5.74) is 0. The van der Waals surface area contributed by atoms with Crippen molar-refractivity contribution in [1.29, 1.82) is 0 Å². The molecule has 0 aliphatic rings. The zero-order valence-corrected chi connectivity index (χ0v) is 53.3. The Bertz CT molecular complexity index is 1620. The van der Waals surface area contributed by atoms with Gasteiger partial charge in [0.25, 0.3) is 0 Å². The Kier molecular flexibility index (Phi) is 65.2. The maximum absolute atomic E-state index is 13.0. The topological polar surface area (TPSA) is 78.9 Å². The van der Waals surface area contributed by atoms with Gasteiger partial charge in [-0.3, -0.25) is 14.4 Å². The molecule has 0 N–H and O–H groups in total. The first kappa shape index (κ1) is 77.1. The van der Waals surface area contributed by atoms with Crippen molar-refractivity contribution in [2.24, 2.45) is 0 Å². The van der Waals surface area contributed by atoms with Crippen molar-refractivity contribution < 1.29 is 28.6 Å². The van der Waals surface area contributed by atoms with E-state index in [9.17, 15) is 14.4 Å². The van der Waals surface area contributed by atoms with E-state index in [4.69, 9.17) is 14.2 Å². The van der Waals surface area contributed by atoms with Crippen LogP contribution in [0.2, 0.25) is 0 Å². The zero-order chi connectivity index (χ0) is 58.5. The molecular weight excluding hydrogens is 997 g/mol. The molecule has 0 radical (unpaired) electrons. The molecule has 0 aliphatic carbocycles. The van der Waals surface area contributed by atoms with Crippen LogP contribution in [0.25, 0.3) is 0 Å². The monoisotopic (exact) mass is 1120 g/mol. The third-order valence-corrected chi connectivity index (χ3v) is 14.7. The molecule has 0 rings (SSSR count). The van der Waals surface area contributed by atoms with E-state index < -0.39 is 6.10 Å². The third-order valence-electron chi connectivity index (χ3n) is 14.7. The first-order valence-corrected chi connectivity index (χ1v) is 34.4. The number of hydrogen-bond donors (Lipinski definition) is 0. The summed E-state index contributed by atoms with van der Waals surface area (Å²) in [6, 6.07) is 0. The van der Waals surface area contributed by atoms with Gasteiger partial charge in [-0.15, -0.1) is 0 Å². The maximum Gasteiger partial charge on any atom is 0.306 e. The highest BCUT2D eigenvalue weighted by atomic mass is 16.6. The van der Waals surface area contributed by atoms with Crippen molar-refractivity contribution in [1.82, 2.24) is 0 Å². The van der Waals surface area contributed by atoms with Crippen LogP contribution in [-0.4, -0.2) is 37.2 Å². The third kappa shape index (κ3) is 66.8. The smallest absolute Gasteiger partial charge is 0.306 e. The summed E-state index contributed by atoms with van der Waals surface area (Å²) in [6.07, 6.45) is 94.0. The predicted octanol–water partition coefficient (Wildman–Crippen LogP) is 23.8. The number of rotatable bonds is 62. The Morgan fingerprint density at radius 3 is 0.765 bits per heavy atom. The lowest BCUT2D eigenvalue weighted by atomic mass is 10.0. The summed E-state index contributed by atoms with van der Waals surface area (Å²) in [4.78, 5) is 38.4. The van der Waals surface area contributed by atoms with Crippen molar-refractivity contribution in [3.8, 4) is 0 Å². The van der Waals surface area contributed by atoms with Gasteiger partial charge in [-0.25, -0.2) is 0 Å². The molecule has 1 atom stereocenters. The Morgan fingerprint density at radius 1 is 0.259 bits per heavy atom. The van der Waals surface area contributed by atoms with Gasteiger partial charge in [0.1, 0.15) is 13.2 Å². The van der Waals surface area contributed by atoms with Crippen LogP contribution < -0.4 is 0 Å². The standard InChI is InChI=1S/C75H128O6/c1-4-7-10-13-16-19-22-25-27-29-31-33-35-37-39-41-43-45-47-50-53-56-59-62-65-68-74(77)80-71-72(70-79-73(76)67-64-61-58-55-52-49-24-21-18-15-12-9-6-3)81-75(78)69-66-63-60-57-54-51-48-46-44-42-40-38-36-34-32-30-28-26-23-20-17-14-11-8-5-2/h7,9-10,12,16,18-19,21,23,25-27,30-33,49,52,72H,4-6,8,11,13-15,17,20,22,24,28-29,34-48,50-51,53-71H2,1-3H3/b10-7-,12-9-,19-16-,21-18-,26-23-,27-25-,32-30-,33-31-,52-49-. The molecule has 81 heavy (non-hydrogen) atoms. The Hall–Kier alpha value is -3.93. The van der Waals surface area contributed by atoms with E-state index >= 15 is 0 Å². The molecule has 0 spiro atoms. The van der Waals surface area contributed by atoms with Crippen LogP contribution in [0.3, 0.4) is 0 Å². The van der Waals surface area contributed by atoms with Crippen LogP contribution in [0.4, 0.5) is 0 Å². The summed E-state index contributed by atoms with van der Waals surface area (Å²) in [5.74, 6) is -0.910. The summed E-state index contributed by atoms with van der Waals surface area (Å²) >= 11 is 0. The molecule has 6 nitrogen and oxygen atoms in total. The SMILES string of the molecule is CC/C=C\C/C=C\C/C=C\C/C=C\CCCCCCCCCCCCCCC(=O)OCC(COC(=O)CCCCC/C=C\C/C=C\C/C=C\CC)OC(=O)CCCCCCCCCCCCCCC/C=C\C/C=C\CCCCCCC. The van der Waals surface area contributed by atoms with Gasteiger partial charge >= 0.3 is 17.9 Å². The lowest BCUT2D eigenvalue weighted by Gasteiger charge is -2.18. The van der Waals surface area contributed by atoms with E-state index in [0.29, 0.717) is 19.3 Å². The Morgan fingerprint density at radius 2 is 0.481 bits per heavy atom. The van der Waals surface area contributed by atoms with Crippen molar-refractivity contribution in [3.05, 3.63) is 109 Å². The highest BCUT2D eigenvalue weighted by Crippen LogP contribution is 2.17. The van der Waals surface area contributed by atoms with Crippen molar-refractivity contribution in [3.63, 3.8) is 0 Å². The summed E-state index contributed by atoms with van der Waals surface area (Å²) in [7, 11) is 0. The van der Waals surface area contributed by atoms with Crippen LogP contribution in [0.5, 0.6) is 0 Å². The van der Waals surface area contributed by atoms with Crippen LogP contribution in [0.15, 0.2) is 109 Å². The number of allylic oxidation sites excluding steroid dienone is 18. The van der Waals surface area contributed by atoms with E-state index in [0.717, 1.165) is 116 Å². The van der Waals surface area contributed by atoms with E-state index in [1.807, 2.05) is 0 Å². The molecular formula is C75H128O6. The first-order valence-electron chi connectivity index (χ1n) is 34.4. The highest BCUT2D eigenvalue weighted by Gasteiger charge is 2.19. The molecule has 1 unspecified atom stereocenters. The Labute approximate surface area is 501 Å². The average molecular weight is 1130 g/mol. The zero-order valence-electron chi connectivity index (χ0n) is 53.3. The second-order valence-electron chi connectivity index (χ2n) is 22.7. The molecule has 0 saturated heterocycles. The second kappa shape index (κ2) is 68.6. The molecule has 0 amide bonds. The normalized spacial score (nSPS) is 12.8. The largest absolute Gasteiger partial charge is 0.462 e. The van der Waals surface area contributed by atoms with Crippen LogP contribution in [0.1, 0.15) is 329 Å². The number of carbonyl (C=O) groups excluding carboxylic acids is 3. The van der Waals surface area contributed by atoms with Gasteiger partial charge in [0, 0.05) is 19.3 Å². The molecule has 464 valence electrons. The van der Waals surface area contributed by atoms with E-state index in [1.165, 1.54) is 173 Å². The maximum atomic E-state index is 13.0. The molecule has 0 aromatic rings. The van der Waals surface area contributed by atoms with Crippen LogP contribution >= 0.6 is 0 Å².